The van der Waals surface area contributed by atoms with Crippen molar-refractivity contribution in [3.05, 3.63) is 36.5 Å². The Kier molecular flexibility index (Phi) is 7.03. The number of carbonyl (C=O) groups is 4. The molecule has 4 bridgehead atoms. The Labute approximate surface area is 299 Å². The van der Waals surface area contributed by atoms with E-state index in [2.05, 4.69) is 27.4 Å². The largest absolute Gasteiger partial charge is 0.485 e. The second-order valence-corrected chi connectivity index (χ2v) is 18.5. The Balaban J connectivity index is 1.48. The lowest BCUT2D eigenvalue weighted by Gasteiger charge is -2.80. The first kappa shape index (κ1) is 34.9. The molecule has 1 N–H and O–H groups in total. The molecule has 7 fully saturated rings. The molecule has 278 valence electrons. The van der Waals surface area contributed by atoms with E-state index in [4.69, 9.17) is 28.1 Å². The molecule has 0 aromatic carbocycles. The molecule has 2 aliphatic heterocycles. The fourth-order valence-electron chi connectivity index (χ4n) is 15.0. The highest BCUT2D eigenvalue weighted by Gasteiger charge is 3.00. The van der Waals surface area contributed by atoms with Crippen LogP contribution in [0, 0.1) is 50.7 Å². The van der Waals surface area contributed by atoms with Crippen molar-refractivity contribution in [2.45, 2.75) is 122 Å². The summed E-state index contributed by atoms with van der Waals surface area (Å²) in [6.07, 6.45) is 4.83. The smallest absolute Gasteiger partial charge is 0.317 e. The van der Waals surface area contributed by atoms with Gasteiger partial charge < -0.3 is 33.2 Å². The number of fused-ring (bicyclic) bond motifs is 3. The summed E-state index contributed by atoms with van der Waals surface area (Å²) < 4.78 is 38.7. The van der Waals surface area contributed by atoms with Crippen LogP contribution in [0.15, 0.2) is 35.3 Å². The van der Waals surface area contributed by atoms with E-state index in [1.807, 2.05) is 6.92 Å². The molecule has 5 aliphatic carbocycles. The molecule has 1 aromatic heterocycles. The predicted octanol–water partition coefficient (Wildman–Crippen LogP) is 5.64. The van der Waals surface area contributed by atoms with Crippen LogP contribution in [0.4, 0.5) is 0 Å². The van der Waals surface area contributed by atoms with Gasteiger partial charge in [-0.1, -0.05) is 41.2 Å². The van der Waals surface area contributed by atoms with Crippen LogP contribution in [0.25, 0.3) is 0 Å². The topological polar surface area (TPSA) is 148 Å². The zero-order valence-corrected chi connectivity index (χ0v) is 31.1. The van der Waals surface area contributed by atoms with E-state index in [-0.39, 0.29) is 29.9 Å². The highest BCUT2D eigenvalue weighted by atomic mass is 16.6. The monoisotopic (exact) mass is 708 g/mol. The number of hydrogen-bond acceptors (Lipinski definition) is 11. The highest BCUT2D eigenvalue weighted by molar-refractivity contribution is 6.01. The zero-order chi connectivity index (χ0) is 36.9. The Morgan fingerprint density at radius 1 is 1.06 bits per heavy atom. The van der Waals surface area contributed by atoms with Gasteiger partial charge in [0.1, 0.15) is 29.2 Å². The first-order chi connectivity index (χ1) is 23.8. The van der Waals surface area contributed by atoms with Gasteiger partial charge in [-0.25, -0.2) is 0 Å². The minimum absolute atomic E-state index is 0.152. The Hall–Kier alpha value is -3.18. The number of carbonyl (C=O) groups excluding carboxylic acids is 4. The van der Waals surface area contributed by atoms with Gasteiger partial charge in [-0.05, 0) is 68.3 Å². The lowest BCUT2D eigenvalue weighted by molar-refractivity contribution is -0.394. The SMILES string of the molecule is C=C(CO)OC12CC3(C)CC14CC1(C)CC5(CCC(C)(C(OC(C)=O)c6ccoc6)C6C(C(=O)C(C)C)C(=O)OC2C65O1)C4(C)C3CC(=O)OC. The second kappa shape index (κ2) is 10.3. The zero-order valence-electron chi connectivity index (χ0n) is 31.1. The Morgan fingerprint density at radius 3 is 2.37 bits per heavy atom. The molecule has 0 radical (unpaired) electrons. The van der Waals surface area contributed by atoms with Crippen molar-refractivity contribution in [1.82, 2.24) is 0 Å². The summed E-state index contributed by atoms with van der Waals surface area (Å²) >= 11 is 0. The average molecular weight is 709 g/mol. The molecule has 1 aromatic rings. The number of furan rings is 1. The van der Waals surface area contributed by atoms with Crippen LogP contribution in [0.2, 0.25) is 0 Å². The minimum atomic E-state index is -1.31. The van der Waals surface area contributed by atoms with Gasteiger partial charge in [-0.2, -0.15) is 0 Å². The number of ketones is 1. The van der Waals surface area contributed by atoms with Crippen LogP contribution in [-0.2, 0) is 42.9 Å². The van der Waals surface area contributed by atoms with Crippen LogP contribution in [-0.4, -0.2) is 65.4 Å². The van der Waals surface area contributed by atoms with E-state index in [0.29, 0.717) is 44.1 Å². The summed E-state index contributed by atoms with van der Waals surface area (Å²) in [5.41, 5.74) is -6.04. The number of Topliss-reactive ketones (excluding diaryl/α,β-unsaturated/α-hetero) is 1. The van der Waals surface area contributed by atoms with Gasteiger partial charge in [-0.3, -0.25) is 19.2 Å². The van der Waals surface area contributed by atoms with Gasteiger partial charge in [0.05, 0.1) is 31.8 Å². The molecular formula is C40H52O11. The first-order valence-electron chi connectivity index (χ1n) is 18.5. The summed E-state index contributed by atoms with van der Waals surface area (Å²) in [6.45, 7) is 17.3. The van der Waals surface area contributed by atoms with Crippen molar-refractivity contribution in [3.63, 3.8) is 0 Å². The van der Waals surface area contributed by atoms with Gasteiger partial charge in [-0.15, -0.1) is 0 Å². The van der Waals surface area contributed by atoms with Crippen LogP contribution in [0.3, 0.4) is 0 Å². The van der Waals surface area contributed by atoms with E-state index in [9.17, 15) is 24.3 Å². The fourth-order valence-corrected chi connectivity index (χ4v) is 15.0. The third-order valence-corrected chi connectivity index (χ3v) is 15.8. The number of hydrogen-bond donors (Lipinski definition) is 1. The number of aliphatic hydroxyl groups excluding tert-OH is 1. The van der Waals surface area contributed by atoms with Crippen molar-refractivity contribution in [2.24, 2.45) is 50.7 Å². The number of aliphatic hydroxyl groups is 1. The molecule has 11 heteroatoms. The first-order valence-corrected chi connectivity index (χ1v) is 18.5. The van der Waals surface area contributed by atoms with Crippen LogP contribution >= 0.6 is 0 Å². The molecule has 2 saturated heterocycles. The Bertz CT molecular complexity index is 1730. The van der Waals surface area contributed by atoms with Crippen molar-refractivity contribution in [2.75, 3.05) is 13.7 Å². The van der Waals surface area contributed by atoms with E-state index in [1.165, 1.54) is 20.3 Å². The molecule has 51 heavy (non-hydrogen) atoms. The molecule has 7 aliphatic rings. The molecule has 0 amide bonds. The molecule has 13 unspecified atom stereocenters. The van der Waals surface area contributed by atoms with E-state index < -0.39 is 92.4 Å². The average Bonchev–Trinajstić information content (AvgIpc) is 3.76. The lowest BCUT2D eigenvalue weighted by atomic mass is 9.25. The van der Waals surface area contributed by atoms with E-state index in [0.717, 1.165) is 0 Å². The molecular weight excluding hydrogens is 656 g/mol. The third kappa shape index (κ3) is 3.68. The van der Waals surface area contributed by atoms with Crippen molar-refractivity contribution in [1.29, 1.82) is 0 Å². The number of esters is 3. The van der Waals surface area contributed by atoms with Gasteiger partial charge in [0.15, 0.2) is 11.7 Å². The number of methoxy groups -OCH3 is 1. The molecule has 13 atom stereocenters. The molecule has 5 saturated carbocycles. The summed E-state index contributed by atoms with van der Waals surface area (Å²) in [4.78, 5) is 55.9. The molecule has 11 nitrogen and oxygen atoms in total. The maximum Gasteiger partial charge on any atom is 0.317 e. The maximum atomic E-state index is 14.9. The van der Waals surface area contributed by atoms with Crippen molar-refractivity contribution in [3.8, 4) is 0 Å². The quantitative estimate of drug-likeness (QED) is 0.139. The Morgan fingerprint density at radius 2 is 1.76 bits per heavy atom. The summed E-state index contributed by atoms with van der Waals surface area (Å²) in [7, 11) is 1.42. The summed E-state index contributed by atoms with van der Waals surface area (Å²) in [5.74, 6) is -4.28. The van der Waals surface area contributed by atoms with Crippen molar-refractivity contribution < 1.29 is 52.4 Å². The van der Waals surface area contributed by atoms with Crippen LogP contribution in [0.5, 0.6) is 0 Å². The van der Waals surface area contributed by atoms with E-state index >= 15 is 0 Å². The minimum Gasteiger partial charge on any atom is -0.485 e. The number of ether oxygens (including phenoxy) is 5. The third-order valence-electron chi connectivity index (χ3n) is 15.8. The maximum absolute atomic E-state index is 14.9. The second-order valence-electron chi connectivity index (χ2n) is 18.5. The molecule has 3 heterocycles. The molecule has 3 spiro atoms. The molecule has 8 rings (SSSR count). The van der Waals surface area contributed by atoms with Gasteiger partial charge in [0.2, 0.25) is 0 Å². The van der Waals surface area contributed by atoms with Crippen LogP contribution < -0.4 is 0 Å². The normalized spacial score (nSPS) is 48.5. The van der Waals surface area contributed by atoms with Gasteiger partial charge >= 0.3 is 17.9 Å². The van der Waals surface area contributed by atoms with Gasteiger partial charge in [0.25, 0.3) is 0 Å². The summed E-state index contributed by atoms with van der Waals surface area (Å²) in [6, 6.07) is 1.76. The van der Waals surface area contributed by atoms with Crippen LogP contribution in [0.1, 0.15) is 105 Å². The van der Waals surface area contributed by atoms with Gasteiger partial charge in [0, 0.05) is 47.0 Å². The summed E-state index contributed by atoms with van der Waals surface area (Å²) in [5, 5.41) is 10.4. The fraction of sp³-hybridized carbons (Fsp3) is 0.750. The lowest BCUT2D eigenvalue weighted by Crippen LogP contribution is -2.88. The predicted molar refractivity (Wildman–Crippen MR) is 179 cm³/mol. The standard InChI is InChI=1S/C40H52O11/c1-21(2)28(44)27-29-35(7,30(48-23(4)42)24-10-13-47-16-24)11-12-37-19-34(6)20-38-17-33(5,25(36(37,38)8)14-26(43)46-9)18-39(38,50-22(3)15-41)32(49-31(27)45)40(29,37)51-34/h10,13,16,21,25,27,29-30,32,41H,3,11-12,14-15,17-20H2,1-2,4-9H3. The van der Waals surface area contributed by atoms with Crippen molar-refractivity contribution >= 4 is 23.7 Å². The van der Waals surface area contributed by atoms with E-state index in [1.54, 1.807) is 26.2 Å². The highest BCUT2D eigenvalue weighted by Crippen LogP contribution is 2.96. The number of rotatable bonds is 10.